The molecule has 8 heteroatoms. The molecule has 0 radical (unpaired) electrons. The minimum Gasteiger partial charge on any atom is -0.378 e. The third-order valence-corrected chi connectivity index (χ3v) is 6.71. The van der Waals surface area contributed by atoms with Crippen LogP contribution >= 0.6 is 11.3 Å². The van der Waals surface area contributed by atoms with Gasteiger partial charge < -0.3 is 28.7 Å². The Labute approximate surface area is 211 Å². The van der Waals surface area contributed by atoms with Gasteiger partial charge in [0.25, 0.3) is 0 Å². The molecule has 0 bridgehead atoms. The molecule has 0 N–H and O–H groups in total. The Bertz CT molecular complexity index is 1050. The van der Waals surface area contributed by atoms with Crippen LogP contribution in [-0.2, 0) is 18.9 Å². The highest BCUT2D eigenvalue weighted by Crippen LogP contribution is 2.27. The second kappa shape index (κ2) is 13.6. The fourth-order valence-electron chi connectivity index (χ4n) is 3.73. The number of benzene rings is 2. The first-order valence-corrected chi connectivity index (χ1v) is 12.9. The van der Waals surface area contributed by atoms with Crippen molar-refractivity contribution in [3.05, 3.63) is 53.0 Å². The van der Waals surface area contributed by atoms with Gasteiger partial charge in [0.2, 0.25) is 0 Å². The minimum atomic E-state index is 0.590. The lowest BCUT2D eigenvalue weighted by molar-refractivity contribution is 0.00206. The molecule has 0 amide bonds. The summed E-state index contributed by atoms with van der Waals surface area (Å²) in [5, 5.41) is 1.01. The van der Waals surface area contributed by atoms with E-state index in [1.165, 1.54) is 4.70 Å². The van der Waals surface area contributed by atoms with Gasteiger partial charge in [0, 0.05) is 38.6 Å². The molecule has 7 nitrogen and oxygen atoms in total. The highest BCUT2D eigenvalue weighted by atomic mass is 32.1. The zero-order valence-electron chi connectivity index (χ0n) is 20.7. The normalized spacial score (nSPS) is 17.4. The molecule has 0 unspecified atom stereocenters. The molecular weight excluding hydrogens is 462 g/mol. The average molecular weight is 498 g/mol. The van der Waals surface area contributed by atoms with Gasteiger partial charge in [0.1, 0.15) is 5.01 Å². The molecule has 3 aromatic rings. The van der Waals surface area contributed by atoms with Crippen molar-refractivity contribution >= 4 is 45.1 Å². The van der Waals surface area contributed by atoms with E-state index in [2.05, 4.69) is 64.4 Å². The number of thiazole rings is 1. The van der Waals surface area contributed by atoms with Crippen molar-refractivity contribution in [3.63, 3.8) is 0 Å². The summed E-state index contributed by atoms with van der Waals surface area (Å²) in [5.41, 5.74) is 4.50. The van der Waals surface area contributed by atoms with Gasteiger partial charge in [0.15, 0.2) is 0 Å². The highest BCUT2D eigenvalue weighted by Gasteiger charge is 2.08. The Morgan fingerprint density at radius 3 is 1.97 bits per heavy atom. The van der Waals surface area contributed by atoms with E-state index in [1.54, 1.807) is 11.3 Å². The van der Waals surface area contributed by atoms with Crippen molar-refractivity contribution in [2.75, 3.05) is 89.8 Å². The van der Waals surface area contributed by atoms with Gasteiger partial charge in [-0.3, -0.25) is 0 Å². The van der Waals surface area contributed by atoms with E-state index < -0.39 is 0 Å². The number of rotatable bonds is 4. The van der Waals surface area contributed by atoms with Crippen molar-refractivity contribution in [1.29, 1.82) is 0 Å². The zero-order chi connectivity index (χ0) is 24.3. The predicted molar refractivity (Wildman–Crippen MR) is 145 cm³/mol. The van der Waals surface area contributed by atoms with Crippen molar-refractivity contribution in [2.45, 2.75) is 0 Å². The number of aromatic nitrogens is 1. The quantitative estimate of drug-likeness (QED) is 0.529. The molecule has 0 saturated carbocycles. The van der Waals surface area contributed by atoms with Gasteiger partial charge in [0.05, 0.1) is 63.1 Å². The van der Waals surface area contributed by atoms with Crippen molar-refractivity contribution in [1.82, 2.24) is 4.98 Å². The SMILES string of the molecule is CN(C)c1ccc2sc(C=Cc3ccc(N4CCOCCOCCOCCOCC4)cc3)nc2c1. The molecule has 1 aliphatic heterocycles. The van der Waals surface area contributed by atoms with Crippen LogP contribution in [-0.4, -0.2) is 85.0 Å². The fraction of sp³-hybridized carbons (Fsp3) is 0.444. The molecule has 188 valence electrons. The topological polar surface area (TPSA) is 56.3 Å². The van der Waals surface area contributed by atoms with Gasteiger partial charge in [-0.25, -0.2) is 4.98 Å². The number of nitrogens with zero attached hydrogens (tertiary/aromatic N) is 3. The van der Waals surface area contributed by atoms with Gasteiger partial charge >= 0.3 is 0 Å². The lowest BCUT2D eigenvalue weighted by Gasteiger charge is -2.25. The van der Waals surface area contributed by atoms with Crippen LogP contribution in [0.15, 0.2) is 42.5 Å². The van der Waals surface area contributed by atoms with Crippen molar-refractivity contribution in [2.24, 2.45) is 0 Å². The fourth-order valence-corrected chi connectivity index (χ4v) is 4.58. The van der Waals surface area contributed by atoms with Crippen molar-refractivity contribution < 1.29 is 18.9 Å². The molecule has 35 heavy (non-hydrogen) atoms. The van der Waals surface area contributed by atoms with E-state index in [9.17, 15) is 0 Å². The average Bonchev–Trinajstić information content (AvgIpc) is 3.28. The Hall–Kier alpha value is -2.49. The molecule has 2 heterocycles. The summed E-state index contributed by atoms with van der Waals surface area (Å²) in [6.07, 6.45) is 4.21. The third-order valence-electron chi connectivity index (χ3n) is 5.71. The predicted octanol–water partition coefficient (Wildman–Crippen LogP) is 4.42. The summed E-state index contributed by atoms with van der Waals surface area (Å²) >= 11 is 1.71. The first-order chi connectivity index (χ1) is 17.2. The first-order valence-electron chi connectivity index (χ1n) is 12.1. The summed E-state index contributed by atoms with van der Waals surface area (Å²) in [7, 11) is 4.09. The maximum absolute atomic E-state index is 5.75. The molecule has 0 spiro atoms. The van der Waals surface area contributed by atoms with Crippen LogP contribution in [0.5, 0.6) is 0 Å². The van der Waals surface area contributed by atoms with Gasteiger partial charge in [-0.1, -0.05) is 18.2 Å². The number of hydrogen-bond donors (Lipinski definition) is 0. The Morgan fingerprint density at radius 1 is 0.771 bits per heavy atom. The van der Waals surface area contributed by atoms with E-state index in [4.69, 9.17) is 23.9 Å². The molecule has 1 aromatic heterocycles. The van der Waals surface area contributed by atoms with Crippen LogP contribution < -0.4 is 9.80 Å². The molecule has 0 aliphatic carbocycles. The van der Waals surface area contributed by atoms with Crippen LogP contribution in [0.2, 0.25) is 0 Å². The molecule has 2 aromatic carbocycles. The molecular formula is C27H35N3O4S. The number of hydrogen-bond acceptors (Lipinski definition) is 8. The maximum atomic E-state index is 5.75. The van der Waals surface area contributed by atoms with Gasteiger partial charge in [-0.2, -0.15) is 0 Å². The minimum absolute atomic E-state index is 0.590. The summed E-state index contributed by atoms with van der Waals surface area (Å²) in [5.74, 6) is 0. The van der Waals surface area contributed by atoms with E-state index in [0.29, 0.717) is 52.9 Å². The highest BCUT2D eigenvalue weighted by molar-refractivity contribution is 7.19. The Kier molecular flexibility index (Phi) is 9.92. The largest absolute Gasteiger partial charge is 0.378 e. The van der Waals surface area contributed by atoms with Crippen LogP contribution in [0.3, 0.4) is 0 Å². The van der Waals surface area contributed by atoms with Crippen molar-refractivity contribution in [3.8, 4) is 0 Å². The smallest absolute Gasteiger partial charge is 0.117 e. The van der Waals surface area contributed by atoms with Gasteiger partial charge in [-0.05, 0) is 42.0 Å². The molecule has 1 fully saturated rings. The lowest BCUT2D eigenvalue weighted by atomic mass is 10.2. The van der Waals surface area contributed by atoms with Crippen LogP contribution in [0.1, 0.15) is 10.6 Å². The molecule has 1 aliphatic rings. The standard InChI is InChI=1S/C27H35N3O4S/c1-29(2)24-8-9-26-25(21-24)28-27(35-26)10-5-22-3-6-23(7-4-22)30-11-13-31-15-17-33-19-20-34-18-16-32-14-12-30/h3-10,21H,11-20H2,1-2H3. The monoisotopic (exact) mass is 497 g/mol. The number of ether oxygens (including phenoxy) is 4. The maximum Gasteiger partial charge on any atom is 0.117 e. The number of fused-ring (bicyclic) bond motifs is 1. The summed E-state index contributed by atoms with van der Waals surface area (Å²) < 4.78 is 23.7. The Morgan fingerprint density at radius 2 is 1.37 bits per heavy atom. The lowest BCUT2D eigenvalue weighted by Crippen LogP contribution is -2.31. The van der Waals surface area contributed by atoms with Crippen LogP contribution in [0.25, 0.3) is 22.4 Å². The first kappa shape index (κ1) is 25.6. The Balaban J connectivity index is 1.37. The molecule has 1 saturated heterocycles. The molecule has 0 atom stereocenters. The van der Waals surface area contributed by atoms with E-state index in [1.807, 2.05) is 14.1 Å². The summed E-state index contributed by atoms with van der Waals surface area (Å²) in [4.78, 5) is 9.17. The van der Waals surface area contributed by atoms with Crippen LogP contribution in [0, 0.1) is 0 Å². The molecule has 4 rings (SSSR count). The third kappa shape index (κ3) is 8.02. The summed E-state index contributed by atoms with van der Waals surface area (Å²) in [6, 6.07) is 15.0. The number of anilines is 2. The van der Waals surface area contributed by atoms with E-state index >= 15 is 0 Å². The zero-order valence-corrected chi connectivity index (χ0v) is 21.5. The van der Waals surface area contributed by atoms with E-state index in [-0.39, 0.29) is 0 Å². The van der Waals surface area contributed by atoms with Crippen LogP contribution in [0.4, 0.5) is 11.4 Å². The summed E-state index contributed by atoms with van der Waals surface area (Å²) in [6.45, 7) is 6.44. The van der Waals surface area contributed by atoms with E-state index in [0.717, 1.165) is 40.6 Å². The second-order valence-electron chi connectivity index (χ2n) is 8.46. The second-order valence-corrected chi connectivity index (χ2v) is 9.52. The van der Waals surface area contributed by atoms with Gasteiger partial charge in [-0.15, -0.1) is 11.3 Å².